The first-order chi connectivity index (χ1) is 12.1. The van der Waals surface area contributed by atoms with Crippen molar-refractivity contribution in [1.82, 2.24) is 9.97 Å². The Morgan fingerprint density at radius 3 is 2.44 bits per heavy atom. The van der Waals surface area contributed by atoms with Crippen LogP contribution in [0.1, 0.15) is 54.6 Å². The highest BCUT2D eigenvalue weighted by Crippen LogP contribution is 2.60. The average Bonchev–Trinajstić information content (AvgIpc) is 3.03. The molecule has 4 nitrogen and oxygen atoms in total. The summed E-state index contributed by atoms with van der Waals surface area (Å²) in [7, 11) is 0. The summed E-state index contributed by atoms with van der Waals surface area (Å²) in [6.07, 6.45) is 9.64. The van der Waals surface area contributed by atoms with E-state index < -0.39 is 0 Å². The van der Waals surface area contributed by atoms with Gasteiger partial charge in [0.25, 0.3) is 5.91 Å². The summed E-state index contributed by atoms with van der Waals surface area (Å²) in [5.41, 5.74) is 1.98. The lowest BCUT2D eigenvalue weighted by molar-refractivity contribution is -0.00688. The van der Waals surface area contributed by atoms with Crippen molar-refractivity contribution >= 4 is 34.0 Å². The first kappa shape index (κ1) is 15.8. The molecule has 0 spiro atoms. The Hall–Kier alpha value is -1.46. The maximum absolute atomic E-state index is 12.4. The number of hydrogen-bond acceptors (Lipinski definition) is 4. The van der Waals surface area contributed by atoms with E-state index in [-0.39, 0.29) is 11.3 Å². The molecule has 0 radical (unpaired) electrons. The molecule has 1 N–H and O–H groups in total. The lowest BCUT2D eigenvalue weighted by atomic mass is 9.49. The van der Waals surface area contributed by atoms with Crippen molar-refractivity contribution < 1.29 is 4.79 Å². The fourth-order valence-electron chi connectivity index (χ4n) is 5.68. The zero-order valence-corrected chi connectivity index (χ0v) is 15.4. The third-order valence-corrected chi connectivity index (χ3v) is 7.28. The zero-order chi connectivity index (χ0) is 17.0. The summed E-state index contributed by atoms with van der Waals surface area (Å²) < 4.78 is 0. The molecule has 4 bridgehead atoms. The second-order valence-electron chi connectivity index (χ2n) is 8.06. The number of nitrogens with zero attached hydrogens (tertiary/aromatic N) is 2. The van der Waals surface area contributed by atoms with Crippen LogP contribution in [0.5, 0.6) is 0 Å². The van der Waals surface area contributed by atoms with E-state index in [1.807, 2.05) is 0 Å². The molecule has 130 valence electrons. The molecule has 2 heterocycles. The molecule has 2 aromatic heterocycles. The summed E-state index contributed by atoms with van der Waals surface area (Å²) in [5.74, 6) is 2.50. The normalized spacial score (nSPS) is 32.8. The molecule has 0 aliphatic heterocycles. The van der Waals surface area contributed by atoms with Gasteiger partial charge in [-0.05, 0) is 68.4 Å². The number of hydrogen-bond donors (Lipinski definition) is 1. The number of carbonyl (C=O) groups excluding carboxylic acids is 1. The Kier molecular flexibility index (Phi) is 3.64. The maximum atomic E-state index is 12.4. The van der Waals surface area contributed by atoms with Crippen LogP contribution in [0.15, 0.2) is 23.7 Å². The van der Waals surface area contributed by atoms with E-state index in [0.29, 0.717) is 15.8 Å². The van der Waals surface area contributed by atoms with Gasteiger partial charge in [-0.25, -0.2) is 9.97 Å². The van der Waals surface area contributed by atoms with Gasteiger partial charge < -0.3 is 0 Å². The lowest BCUT2D eigenvalue weighted by Gasteiger charge is -2.56. The van der Waals surface area contributed by atoms with Crippen molar-refractivity contribution in [2.24, 2.45) is 17.8 Å². The van der Waals surface area contributed by atoms with E-state index in [9.17, 15) is 4.79 Å². The van der Waals surface area contributed by atoms with E-state index in [1.165, 1.54) is 61.8 Å². The molecule has 2 aromatic rings. The van der Waals surface area contributed by atoms with Gasteiger partial charge in [-0.3, -0.25) is 10.1 Å². The minimum absolute atomic E-state index is 0.185. The van der Waals surface area contributed by atoms with Crippen LogP contribution >= 0.6 is 22.9 Å². The molecule has 1 amide bonds. The molecular formula is C19H20ClN3OS. The predicted octanol–water partition coefficient (Wildman–Crippen LogP) is 4.91. The van der Waals surface area contributed by atoms with E-state index in [0.717, 1.165) is 17.8 Å². The predicted molar refractivity (Wildman–Crippen MR) is 99.2 cm³/mol. The van der Waals surface area contributed by atoms with Gasteiger partial charge >= 0.3 is 0 Å². The van der Waals surface area contributed by atoms with Crippen molar-refractivity contribution in [3.63, 3.8) is 0 Å². The van der Waals surface area contributed by atoms with E-state index in [4.69, 9.17) is 16.6 Å². The first-order valence-electron chi connectivity index (χ1n) is 8.98. The Labute approximate surface area is 156 Å². The number of carbonyl (C=O) groups is 1. The van der Waals surface area contributed by atoms with Gasteiger partial charge in [-0.15, -0.1) is 11.3 Å². The van der Waals surface area contributed by atoms with Crippen LogP contribution in [0.25, 0.3) is 0 Å². The fraction of sp³-hybridized carbons (Fsp3) is 0.526. The van der Waals surface area contributed by atoms with Crippen LogP contribution in [0.4, 0.5) is 5.13 Å². The molecule has 0 saturated heterocycles. The highest BCUT2D eigenvalue weighted by Gasteiger charge is 2.52. The molecule has 4 aliphatic rings. The topological polar surface area (TPSA) is 54.9 Å². The highest BCUT2D eigenvalue weighted by atomic mass is 35.5. The van der Waals surface area contributed by atoms with Crippen LogP contribution in [-0.4, -0.2) is 15.9 Å². The summed E-state index contributed by atoms with van der Waals surface area (Å²) >= 11 is 7.31. The van der Waals surface area contributed by atoms with Gasteiger partial charge in [0, 0.05) is 17.0 Å². The fourth-order valence-corrected chi connectivity index (χ4v) is 6.62. The van der Waals surface area contributed by atoms with Gasteiger partial charge in [-0.2, -0.15) is 0 Å². The highest BCUT2D eigenvalue weighted by molar-refractivity contribution is 7.14. The van der Waals surface area contributed by atoms with Gasteiger partial charge in [0.15, 0.2) is 5.13 Å². The molecule has 25 heavy (non-hydrogen) atoms. The molecule has 6 rings (SSSR count). The smallest absolute Gasteiger partial charge is 0.259 e. The number of rotatable bonds is 3. The van der Waals surface area contributed by atoms with Crippen molar-refractivity contribution in [2.75, 3.05) is 5.32 Å². The number of halogens is 1. The molecule has 6 heteroatoms. The van der Waals surface area contributed by atoms with Crippen LogP contribution in [-0.2, 0) is 5.41 Å². The monoisotopic (exact) mass is 373 g/mol. The Morgan fingerprint density at radius 2 is 1.84 bits per heavy atom. The summed E-state index contributed by atoms with van der Waals surface area (Å²) in [6, 6.07) is 3.30. The quantitative estimate of drug-likeness (QED) is 0.777. The van der Waals surface area contributed by atoms with Gasteiger partial charge in [0.05, 0.1) is 11.3 Å². The largest absolute Gasteiger partial charge is 0.298 e. The standard InChI is InChI=1S/C19H20ClN3OS/c20-16-2-1-14(9-21-16)17(24)23-18-22-15(10-25-18)19-6-11-3-12(7-19)5-13(4-11)8-19/h1-2,9-13H,3-8H2,(H,22,23,24). The van der Waals surface area contributed by atoms with E-state index >= 15 is 0 Å². The van der Waals surface area contributed by atoms with Crippen LogP contribution in [0.2, 0.25) is 5.15 Å². The lowest BCUT2D eigenvalue weighted by Crippen LogP contribution is -2.48. The van der Waals surface area contributed by atoms with Gasteiger partial charge in [0.2, 0.25) is 0 Å². The number of aromatic nitrogens is 2. The molecule has 4 aliphatic carbocycles. The third-order valence-electron chi connectivity index (χ3n) is 6.30. The molecule has 0 unspecified atom stereocenters. The average molecular weight is 374 g/mol. The Balaban J connectivity index is 1.35. The van der Waals surface area contributed by atoms with Gasteiger partial charge in [-0.1, -0.05) is 11.6 Å². The van der Waals surface area contributed by atoms with E-state index in [1.54, 1.807) is 12.1 Å². The molecule has 0 atom stereocenters. The third kappa shape index (κ3) is 2.77. The Morgan fingerprint density at radius 1 is 1.16 bits per heavy atom. The van der Waals surface area contributed by atoms with Gasteiger partial charge in [0.1, 0.15) is 5.15 Å². The van der Waals surface area contributed by atoms with Crippen LogP contribution in [0, 0.1) is 17.8 Å². The van der Waals surface area contributed by atoms with E-state index in [2.05, 4.69) is 15.7 Å². The number of amides is 1. The van der Waals surface area contributed by atoms with Crippen LogP contribution < -0.4 is 5.32 Å². The van der Waals surface area contributed by atoms with Crippen LogP contribution in [0.3, 0.4) is 0 Å². The summed E-state index contributed by atoms with van der Waals surface area (Å²) in [5, 5.41) is 6.16. The second kappa shape index (κ2) is 5.78. The number of nitrogens with one attached hydrogen (secondary N) is 1. The Bertz CT molecular complexity index is 781. The molecule has 4 fully saturated rings. The molecule has 0 aromatic carbocycles. The molecular weight excluding hydrogens is 354 g/mol. The maximum Gasteiger partial charge on any atom is 0.259 e. The number of pyridine rings is 1. The van der Waals surface area contributed by atoms with Crippen molar-refractivity contribution in [2.45, 2.75) is 43.9 Å². The number of thiazole rings is 1. The number of anilines is 1. The zero-order valence-electron chi connectivity index (χ0n) is 13.9. The summed E-state index contributed by atoms with van der Waals surface area (Å²) in [4.78, 5) is 21.1. The minimum Gasteiger partial charge on any atom is -0.298 e. The SMILES string of the molecule is O=C(Nc1nc(C23CC4CC(CC(C4)C2)C3)cs1)c1ccc(Cl)nc1. The first-order valence-corrected chi connectivity index (χ1v) is 10.2. The van der Waals surface area contributed by atoms with Crippen molar-refractivity contribution in [3.05, 3.63) is 40.1 Å². The van der Waals surface area contributed by atoms with Crippen molar-refractivity contribution in [1.29, 1.82) is 0 Å². The second-order valence-corrected chi connectivity index (χ2v) is 9.30. The van der Waals surface area contributed by atoms with Crippen molar-refractivity contribution in [3.8, 4) is 0 Å². The minimum atomic E-state index is -0.185. The molecule has 4 saturated carbocycles. The summed E-state index contributed by atoms with van der Waals surface area (Å²) in [6.45, 7) is 0.